The Morgan fingerprint density at radius 1 is 1.16 bits per heavy atom. The average Bonchev–Trinajstić information content (AvgIpc) is 2.78. The van der Waals surface area contributed by atoms with Gasteiger partial charge in [0.15, 0.2) is 5.65 Å². The van der Waals surface area contributed by atoms with Crippen molar-refractivity contribution >= 4 is 45.6 Å². The van der Waals surface area contributed by atoms with Crippen LogP contribution in [0.4, 0.5) is 0 Å². The fourth-order valence-corrected chi connectivity index (χ4v) is 4.38. The fourth-order valence-electron chi connectivity index (χ4n) is 4.38. The third-order valence-corrected chi connectivity index (χ3v) is 6.06. The van der Waals surface area contributed by atoms with E-state index in [4.69, 9.17) is 4.98 Å². The maximum Gasteiger partial charge on any atom is 0.265 e. The molecule has 3 heterocycles. The summed E-state index contributed by atoms with van der Waals surface area (Å²) in [7, 11) is 0. The molecule has 2 unspecified atom stereocenters. The maximum atomic E-state index is 13.2. The SMILES string of the molecule is CC(NC(=O)c1cccn2c(=O)c3cc4ccccc4cc3nc12)C1CCCCN1.Cl. The van der Waals surface area contributed by atoms with Crippen LogP contribution in [0.15, 0.2) is 59.5 Å². The predicted molar refractivity (Wildman–Crippen MR) is 126 cm³/mol. The molecule has 7 heteroatoms. The lowest BCUT2D eigenvalue weighted by molar-refractivity contribution is 0.0929. The van der Waals surface area contributed by atoms with Gasteiger partial charge in [0.2, 0.25) is 0 Å². The van der Waals surface area contributed by atoms with Crippen LogP contribution >= 0.6 is 12.4 Å². The Balaban J connectivity index is 0.00000231. The number of pyridine rings is 1. The molecule has 2 aromatic carbocycles. The summed E-state index contributed by atoms with van der Waals surface area (Å²) in [4.78, 5) is 31.0. The number of hydrogen-bond acceptors (Lipinski definition) is 4. The van der Waals surface area contributed by atoms with Crippen LogP contribution in [-0.2, 0) is 0 Å². The first-order chi connectivity index (χ1) is 14.6. The van der Waals surface area contributed by atoms with Crippen LogP contribution in [0.25, 0.3) is 27.3 Å². The van der Waals surface area contributed by atoms with Crippen molar-refractivity contribution in [3.8, 4) is 0 Å². The minimum absolute atomic E-state index is 0. The highest BCUT2D eigenvalue weighted by Gasteiger charge is 2.23. The molecule has 0 aliphatic carbocycles. The number of amides is 1. The molecule has 160 valence electrons. The van der Waals surface area contributed by atoms with Gasteiger partial charge in [-0.1, -0.05) is 30.7 Å². The molecule has 1 aliphatic heterocycles. The molecule has 4 aromatic rings. The highest BCUT2D eigenvalue weighted by Crippen LogP contribution is 2.21. The Morgan fingerprint density at radius 3 is 2.68 bits per heavy atom. The Kier molecular flexibility index (Phi) is 5.94. The number of nitrogens with zero attached hydrogens (tertiary/aromatic N) is 2. The standard InChI is InChI=1S/C24H24N4O2.ClH/c1-15(20-10-4-5-11-25-20)26-23(29)18-9-6-12-28-22(18)27-21-14-17-8-3-2-7-16(17)13-19(21)24(28)30;/h2-3,6-9,12-15,20,25H,4-5,10-11H2,1H3,(H,26,29);1H. The van der Waals surface area contributed by atoms with E-state index in [2.05, 4.69) is 10.6 Å². The predicted octanol–water partition coefficient (Wildman–Crippen LogP) is 3.68. The summed E-state index contributed by atoms with van der Waals surface area (Å²) in [5.74, 6) is -0.208. The summed E-state index contributed by atoms with van der Waals surface area (Å²) in [6.45, 7) is 3.00. The van der Waals surface area contributed by atoms with Gasteiger partial charge in [0.05, 0.1) is 16.5 Å². The molecule has 2 aromatic heterocycles. The van der Waals surface area contributed by atoms with Crippen molar-refractivity contribution in [1.29, 1.82) is 0 Å². The molecule has 1 aliphatic rings. The van der Waals surface area contributed by atoms with E-state index in [0.29, 0.717) is 22.1 Å². The van der Waals surface area contributed by atoms with Gasteiger partial charge < -0.3 is 10.6 Å². The van der Waals surface area contributed by atoms with Crippen molar-refractivity contribution < 1.29 is 4.79 Å². The molecular formula is C24H25ClN4O2. The van der Waals surface area contributed by atoms with Gasteiger partial charge in [-0.15, -0.1) is 12.4 Å². The lowest BCUT2D eigenvalue weighted by Gasteiger charge is -2.29. The van der Waals surface area contributed by atoms with E-state index in [9.17, 15) is 9.59 Å². The van der Waals surface area contributed by atoms with E-state index in [1.54, 1.807) is 18.3 Å². The number of nitrogens with one attached hydrogen (secondary N) is 2. The summed E-state index contributed by atoms with van der Waals surface area (Å²) in [5.41, 5.74) is 1.22. The minimum atomic E-state index is -0.208. The lowest BCUT2D eigenvalue weighted by atomic mass is 9.99. The second-order valence-corrected chi connectivity index (χ2v) is 8.07. The molecule has 2 atom stereocenters. The molecule has 0 saturated carbocycles. The van der Waals surface area contributed by atoms with Crippen molar-refractivity contribution in [3.05, 3.63) is 70.6 Å². The van der Waals surface area contributed by atoms with Gasteiger partial charge in [-0.2, -0.15) is 0 Å². The van der Waals surface area contributed by atoms with Crippen molar-refractivity contribution in [2.24, 2.45) is 0 Å². The van der Waals surface area contributed by atoms with Crippen molar-refractivity contribution in [2.45, 2.75) is 38.3 Å². The summed E-state index contributed by atoms with van der Waals surface area (Å²) in [6.07, 6.45) is 5.06. The summed E-state index contributed by atoms with van der Waals surface area (Å²) >= 11 is 0. The Bertz CT molecular complexity index is 1330. The number of benzene rings is 2. The Morgan fingerprint density at radius 2 is 1.94 bits per heavy atom. The fraction of sp³-hybridized carbons (Fsp3) is 0.292. The molecule has 0 spiro atoms. The second kappa shape index (κ2) is 8.65. The van der Waals surface area contributed by atoms with Crippen LogP contribution < -0.4 is 16.2 Å². The summed E-state index contributed by atoms with van der Waals surface area (Å²) in [6, 6.07) is 15.4. The lowest BCUT2D eigenvalue weighted by Crippen LogP contribution is -2.50. The summed E-state index contributed by atoms with van der Waals surface area (Å²) in [5, 5.41) is 9.13. The second-order valence-electron chi connectivity index (χ2n) is 8.07. The minimum Gasteiger partial charge on any atom is -0.348 e. The zero-order chi connectivity index (χ0) is 20.7. The average molecular weight is 437 g/mol. The van der Waals surface area contributed by atoms with Crippen LogP contribution in [0, 0.1) is 0 Å². The van der Waals surface area contributed by atoms with Crippen LogP contribution in [0.2, 0.25) is 0 Å². The van der Waals surface area contributed by atoms with Crippen molar-refractivity contribution in [2.75, 3.05) is 6.54 Å². The number of piperidine rings is 1. The maximum absolute atomic E-state index is 13.2. The van der Waals surface area contributed by atoms with Gasteiger partial charge in [-0.05, 0) is 61.3 Å². The molecule has 0 bridgehead atoms. The quantitative estimate of drug-likeness (QED) is 0.480. The van der Waals surface area contributed by atoms with Crippen LogP contribution in [-0.4, -0.2) is 33.9 Å². The highest BCUT2D eigenvalue weighted by atomic mass is 35.5. The molecular weight excluding hydrogens is 412 g/mol. The van der Waals surface area contributed by atoms with Gasteiger partial charge in [-0.3, -0.25) is 14.0 Å². The molecule has 5 rings (SSSR count). The normalized spacial score (nSPS) is 17.4. The van der Waals surface area contributed by atoms with Gasteiger partial charge in [0.1, 0.15) is 0 Å². The van der Waals surface area contributed by atoms with Crippen LogP contribution in [0.5, 0.6) is 0 Å². The molecule has 1 fully saturated rings. The zero-order valence-electron chi connectivity index (χ0n) is 17.3. The Hall–Kier alpha value is -2.96. The van der Waals surface area contributed by atoms with Crippen molar-refractivity contribution in [1.82, 2.24) is 20.0 Å². The van der Waals surface area contributed by atoms with Crippen molar-refractivity contribution in [3.63, 3.8) is 0 Å². The number of carbonyl (C=O) groups is 1. The van der Waals surface area contributed by atoms with Crippen LogP contribution in [0.3, 0.4) is 0 Å². The molecule has 6 nitrogen and oxygen atoms in total. The van der Waals surface area contributed by atoms with E-state index in [1.807, 2.05) is 43.3 Å². The number of hydrogen-bond donors (Lipinski definition) is 2. The van der Waals surface area contributed by atoms with E-state index < -0.39 is 0 Å². The van der Waals surface area contributed by atoms with Gasteiger partial charge in [-0.25, -0.2) is 4.98 Å². The number of aromatic nitrogens is 2. The Labute approximate surface area is 186 Å². The van der Waals surface area contributed by atoms with Crippen LogP contribution in [0.1, 0.15) is 36.5 Å². The van der Waals surface area contributed by atoms with Gasteiger partial charge in [0.25, 0.3) is 11.5 Å². The number of carbonyl (C=O) groups excluding carboxylic acids is 1. The molecule has 2 N–H and O–H groups in total. The third-order valence-electron chi connectivity index (χ3n) is 6.06. The molecule has 31 heavy (non-hydrogen) atoms. The van der Waals surface area contributed by atoms with Gasteiger partial charge >= 0.3 is 0 Å². The molecule has 1 saturated heterocycles. The van der Waals surface area contributed by atoms with E-state index >= 15 is 0 Å². The molecule has 0 radical (unpaired) electrons. The van der Waals surface area contributed by atoms with Gasteiger partial charge in [0, 0.05) is 18.3 Å². The topological polar surface area (TPSA) is 75.5 Å². The number of rotatable bonds is 3. The highest BCUT2D eigenvalue weighted by molar-refractivity contribution is 6.02. The zero-order valence-corrected chi connectivity index (χ0v) is 18.1. The molecule has 1 amide bonds. The number of halogens is 1. The first-order valence-corrected chi connectivity index (χ1v) is 10.5. The first-order valence-electron chi connectivity index (χ1n) is 10.5. The monoisotopic (exact) mass is 436 g/mol. The summed E-state index contributed by atoms with van der Waals surface area (Å²) < 4.78 is 1.47. The van der Waals surface area contributed by atoms with E-state index in [1.165, 1.54) is 17.2 Å². The third kappa shape index (κ3) is 3.89. The smallest absolute Gasteiger partial charge is 0.265 e. The first kappa shape index (κ1) is 21.3. The number of fused-ring (bicyclic) bond motifs is 3. The van der Waals surface area contributed by atoms with E-state index in [0.717, 1.165) is 23.7 Å². The van der Waals surface area contributed by atoms with E-state index in [-0.39, 0.29) is 36.0 Å². The largest absolute Gasteiger partial charge is 0.348 e.